The van der Waals surface area contributed by atoms with E-state index in [1.807, 2.05) is 0 Å². The van der Waals surface area contributed by atoms with Crippen LogP contribution in [0.5, 0.6) is 5.75 Å². The van der Waals surface area contributed by atoms with Gasteiger partial charge in [0.25, 0.3) is 0 Å². The number of ether oxygens (including phenoxy) is 1. The smallest absolute Gasteiger partial charge is 0.416 e. The Morgan fingerprint density at radius 2 is 2.00 bits per heavy atom. The van der Waals surface area contributed by atoms with E-state index in [0.29, 0.717) is 6.42 Å². The molecule has 144 valence electrons. The van der Waals surface area contributed by atoms with Crippen LogP contribution in [0.1, 0.15) is 18.4 Å². The molecule has 0 unspecified atom stereocenters. The third kappa shape index (κ3) is 5.33. The van der Waals surface area contributed by atoms with Crippen LogP contribution in [0, 0.1) is 11.8 Å². The molecule has 1 aromatic carbocycles. The van der Waals surface area contributed by atoms with Gasteiger partial charge in [-0.05, 0) is 30.5 Å². The Kier molecular flexibility index (Phi) is 6.86. The molecule has 5 atom stereocenters. The maximum atomic E-state index is 12.7. The van der Waals surface area contributed by atoms with E-state index in [4.69, 9.17) is 4.74 Å². The number of aliphatic hydroxyl groups is 3. The third-order valence-electron chi connectivity index (χ3n) is 4.49. The van der Waals surface area contributed by atoms with E-state index >= 15 is 0 Å². The topological polar surface area (TPSA) is 69.9 Å². The standard InChI is InChI=1S/C19H23F3O4/c1-2-4-15-16(18(25)10-17(15)24)8-7-13(23)11-26-14-6-3-5-12(9-14)19(20,21)22/h2-3,5-9,13,15-18,23-25H,1,4,10-11H2/t13-,15-,16-,17+,18-/m1/s1. The lowest BCUT2D eigenvalue weighted by Gasteiger charge is -2.19. The predicted molar refractivity (Wildman–Crippen MR) is 90.5 cm³/mol. The van der Waals surface area contributed by atoms with Crippen LogP contribution in [0.15, 0.2) is 49.1 Å². The van der Waals surface area contributed by atoms with Crippen molar-refractivity contribution in [1.82, 2.24) is 0 Å². The highest BCUT2D eigenvalue weighted by atomic mass is 19.4. The van der Waals surface area contributed by atoms with Gasteiger partial charge in [-0.1, -0.05) is 24.3 Å². The van der Waals surface area contributed by atoms with E-state index in [1.54, 1.807) is 12.2 Å². The van der Waals surface area contributed by atoms with Gasteiger partial charge in [-0.2, -0.15) is 13.2 Å². The zero-order valence-corrected chi connectivity index (χ0v) is 14.1. The molecule has 1 saturated carbocycles. The number of rotatable bonds is 7. The molecule has 26 heavy (non-hydrogen) atoms. The molecule has 0 aromatic heterocycles. The average Bonchev–Trinajstić information content (AvgIpc) is 2.84. The molecule has 1 aromatic rings. The maximum Gasteiger partial charge on any atom is 0.416 e. The predicted octanol–water partition coefficient (Wildman–Crippen LogP) is 2.94. The molecule has 3 N–H and O–H groups in total. The zero-order valence-electron chi connectivity index (χ0n) is 14.1. The highest BCUT2D eigenvalue weighted by Gasteiger charge is 2.39. The second-order valence-corrected chi connectivity index (χ2v) is 6.42. The van der Waals surface area contributed by atoms with Crippen LogP contribution in [-0.4, -0.2) is 40.2 Å². The molecule has 0 bridgehead atoms. The molecule has 7 heteroatoms. The molecular formula is C19H23F3O4. The highest BCUT2D eigenvalue weighted by Crippen LogP contribution is 2.36. The number of benzene rings is 1. The first-order chi connectivity index (χ1) is 12.2. The van der Waals surface area contributed by atoms with Crippen molar-refractivity contribution in [3.05, 3.63) is 54.6 Å². The number of alkyl halides is 3. The quantitative estimate of drug-likeness (QED) is 0.644. The van der Waals surface area contributed by atoms with Gasteiger partial charge in [0.15, 0.2) is 0 Å². The lowest BCUT2D eigenvalue weighted by Crippen LogP contribution is -2.21. The van der Waals surface area contributed by atoms with Gasteiger partial charge in [0.05, 0.1) is 17.8 Å². The first-order valence-corrected chi connectivity index (χ1v) is 8.36. The highest BCUT2D eigenvalue weighted by molar-refractivity contribution is 5.30. The Morgan fingerprint density at radius 3 is 2.65 bits per heavy atom. The summed E-state index contributed by atoms with van der Waals surface area (Å²) in [5.41, 5.74) is -0.824. The Hall–Kier alpha value is -1.83. The molecule has 4 nitrogen and oxygen atoms in total. The van der Waals surface area contributed by atoms with Gasteiger partial charge >= 0.3 is 6.18 Å². The van der Waals surface area contributed by atoms with Gasteiger partial charge in [-0.25, -0.2) is 0 Å². The molecule has 2 rings (SSSR count). The van der Waals surface area contributed by atoms with Gasteiger partial charge in [-0.3, -0.25) is 0 Å². The maximum absolute atomic E-state index is 12.7. The lowest BCUT2D eigenvalue weighted by atomic mass is 9.90. The fourth-order valence-electron chi connectivity index (χ4n) is 3.15. The Morgan fingerprint density at radius 1 is 1.27 bits per heavy atom. The van der Waals surface area contributed by atoms with Gasteiger partial charge in [0, 0.05) is 12.3 Å². The van der Waals surface area contributed by atoms with Crippen LogP contribution in [0.2, 0.25) is 0 Å². The van der Waals surface area contributed by atoms with Crippen LogP contribution in [0.3, 0.4) is 0 Å². The minimum atomic E-state index is -4.46. The number of hydrogen-bond donors (Lipinski definition) is 3. The molecular weight excluding hydrogens is 349 g/mol. The average molecular weight is 372 g/mol. The molecule has 0 heterocycles. The number of hydrogen-bond acceptors (Lipinski definition) is 4. The number of halogens is 3. The largest absolute Gasteiger partial charge is 0.491 e. The van der Waals surface area contributed by atoms with Crippen molar-refractivity contribution in [3.8, 4) is 5.75 Å². The SMILES string of the molecule is C=CC[C@@H]1[C@@H](C=C[C@@H](O)COc2cccc(C(F)(F)F)c2)[C@H](O)C[C@@H]1O. The van der Waals surface area contributed by atoms with Gasteiger partial charge in [-0.15, -0.1) is 6.58 Å². The summed E-state index contributed by atoms with van der Waals surface area (Å²) in [5.74, 6) is -0.505. The van der Waals surface area contributed by atoms with Crippen molar-refractivity contribution in [2.45, 2.75) is 37.3 Å². The second kappa shape index (κ2) is 8.70. The summed E-state index contributed by atoms with van der Waals surface area (Å²) in [6.07, 6.45) is -1.38. The van der Waals surface area contributed by atoms with E-state index in [0.717, 1.165) is 12.1 Å². The fraction of sp³-hybridized carbons (Fsp3) is 0.474. The normalized spacial score (nSPS) is 27.6. The first kappa shape index (κ1) is 20.5. The molecule has 0 spiro atoms. The molecule has 1 aliphatic carbocycles. The number of allylic oxidation sites excluding steroid dienone is 1. The summed E-state index contributed by atoms with van der Waals surface area (Å²) in [4.78, 5) is 0. The van der Waals surface area contributed by atoms with Gasteiger partial charge in [0.1, 0.15) is 18.5 Å². The monoisotopic (exact) mass is 372 g/mol. The molecule has 0 aliphatic heterocycles. The van der Waals surface area contributed by atoms with Gasteiger partial charge < -0.3 is 20.1 Å². The van der Waals surface area contributed by atoms with Gasteiger partial charge in [0.2, 0.25) is 0 Å². The lowest BCUT2D eigenvalue weighted by molar-refractivity contribution is -0.137. The molecule has 0 saturated heterocycles. The third-order valence-corrected chi connectivity index (χ3v) is 4.49. The summed E-state index contributed by atoms with van der Waals surface area (Å²) in [6.45, 7) is 3.41. The summed E-state index contributed by atoms with van der Waals surface area (Å²) in [5, 5.41) is 29.9. The molecule has 1 aliphatic rings. The summed E-state index contributed by atoms with van der Waals surface area (Å²) in [6, 6.07) is 4.42. The van der Waals surface area contributed by atoms with E-state index in [9.17, 15) is 28.5 Å². The van der Waals surface area contributed by atoms with Crippen molar-refractivity contribution in [2.75, 3.05) is 6.61 Å². The van der Waals surface area contributed by atoms with E-state index < -0.39 is 30.1 Å². The minimum Gasteiger partial charge on any atom is -0.491 e. The van der Waals surface area contributed by atoms with Crippen LogP contribution < -0.4 is 4.74 Å². The Labute approximate surface area is 150 Å². The Bertz CT molecular complexity index is 629. The van der Waals surface area contributed by atoms with Crippen LogP contribution in [0.25, 0.3) is 0 Å². The fourth-order valence-corrected chi connectivity index (χ4v) is 3.15. The molecule has 1 fully saturated rings. The van der Waals surface area contributed by atoms with Crippen molar-refractivity contribution in [3.63, 3.8) is 0 Å². The second-order valence-electron chi connectivity index (χ2n) is 6.42. The van der Waals surface area contributed by atoms with Crippen molar-refractivity contribution >= 4 is 0 Å². The first-order valence-electron chi connectivity index (χ1n) is 8.36. The summed E-state index contributed by atoms with van der Waals surface area (Å²) >= 11 is 0. The minimum absolute atomic E-state index is 0.00753. The number of aliphatic hydroxyl groups excluding tert-OH is 3. The van der Waals surface area contributed by atoms with Crippen LogP contribution in [-0.2, 0) is 6.18 Å². The summed E-state index contributed by atoms with van der Waals surface area (Å²) in [7, 11) is 0. The van der Waals surface area contributed by atoms with Crippen LogP contribution >= 0.6 is 0 Å². The van der Waals surface area contributed by atoms with E-state index in [1.165, 1.54) is 18.2 Å². The van der Waals surface area contributed by atoms with Crippen molar-refractivity contribution < 1.29 is 33.2 Å². The molecule has 0 radical (unpaired) electrons. The van der Waals surface area contributed by atoms with E-state index in [2.05, 4.69) is 6.58 Å². The van der Waals surface area contributed by atoms with E-state index in [-0.39, 0.29) is 30.6 Å². The van der Waals surface area contributed by atoms with Crippen molar-refractivity contribution in [2.24, 2.45) is 11.8 Å². The summed E-state index contributed by atoms with van der Waals surface area (Å²) < 4.78 is 43.2. The zero-order chi connectivity index (χ0) is 19.3. The van der Waals surface area contributed by atoms with Crippen molar-refractivity contribution in [1.29, 1.82) is 0 Å². The Balaban J connectivity index is 1.93. The molecule has 0 amide bonds. The van der Waals surface area contributed by atoms with Crippen LogP contribution in [0.4, 0.5) is 13.2 Å².